The summed E-state index contributed by atoms with van der Waals surface area (Å²) in [6, 6.07) is 2.48. The van der Waals surface area contributed by atoms with Crippen molar-refractivity contribution in [2.75, 3.05) is 7.11 Å². The fourth-order valence-electron chi connectivity index (χ4n) is 2.02. The van der Waals surface area contributed by atoms with E-state index < -0.39 is 5.82 Å². The monoisotopic (exact) mass is 300 g/mol. The lowest BCUT2D eigenvalue weighted by Gasteiger charge is -2.11. The number of halogens is 3. The summed E-state index contributed by atoms with van der Waals surface area (Å²) in [7, 11) is 1.44. The number of carbonyl (C=O) groups excluding carboxylic acids is 1. The zero-order valence-electron chi connectivity index (χ0n) is 10.4. The zero-order chi connectivity index (χ0) is 14.2. The number of hydrogen-bond donors (Lipinski definition) is 0. The van der Waals surface area contributed by atoms with Crippen molar-refractivity contribution >= 4 is 29.0 Å². The van der Waals surface area contributed by atoms with Crippen LogP contribution >= 0.6 is 23.2 Å². The Balaban J connectivity index is 2.44. The second-order valence-electron chi connectivity index (χ2n) is 4.23. The van der Waals surface area contributed by atoms with Gasteiger partial charge in [-0.05, 0) is 30.7 Å². The lowest BCUT2D eigenvalue weighted by Crippen LogP contribution is -2.06. The largest absolute Gasteiger partial charge is 0.496 e. The number of benzene rings is 1. The number of ketones is 1. The second kappa shape index (κ2) is 5.35. The maximum Gasteiger partial charge on any atom is 0.193 e. The van der Waals surface area contributed by atoms with Crippen LogP contribution in [0.3, 0.4) is 0 Å². The SMILES string of the molecule is COc1c(C)cc(F)cc1C(=O)C1=CC(Cl)=C(Cl)C1. The molecule has 0 heterocycles. The average Bonchev–Trinajstić information content (AvgIpc) is 2.68. The number of rotatable bonds is 3. The Labute approximate surface area is 120 Å². The van der Waals surface area contributed by atoms with E-state index in [9.17, 15) is 9.18 Å². The van der Waals surface area contributed by atoms with E-state index in [1.807, 2.05) is 0 Å². The number of methoxy groups -OCH3 is 1. The highest BCUT2D eigenvalue weighted by Gasteiger charge is 2.24. The van der Waals surface area contributed by atoms with E-state index in [0.29, 0.717) is 27.0 Å². The standard InChI is InChI=1S/C14H11Cl2FO2/c1-7-3-9(17)6-10(14(7)19-2)13(18)8-4-11(15)12(16)5-8/h3-4,6H,5H2,1-2H3. The number of ether oxygens (including phenoxy) is 1. The number of carbonyl (C=O) groups is 1. The normalized spacial score (nSPS) is 14.7. The van der Waals surface area contributed by atoms with E-state index in [-0.39, 0.29) is 17.8 Å². The molecular weight excluding hydrogens is 290 g/mol. The first-order valence-corrected chi connectivity index (χ1v) is 6.33. The van der Waals surface area contributed by atoms with Crippen molar-refractivity contribution < 1.29 is 13.9 Å². The van der Waals surface area contributed by atoms with Gasteiger partial charge in [0.1, 0.15) is 11.6 Å². The van der Waals surface area contributed by atoms with Gasteiger partial charge in [0, 0.05) is 17.0 Å². The van der Waals surface area contributed by atoms with E-state index in [1.54, 1.807) is 6.92 Å². The van der Waals surface area contributed by atoms with Gasteiger partial charge in [-0.15, -0.1) is 0 Å². The second-order valence-corrected chi connectivity index (χ2v) is 5.10. The Morgan fingerprint density at radius 2 is 2.05 bits per heavy atom. The molecule has 0 aromatic heterocycles. The molecule has 2 rings (SSSR count). The maximum atomic E-state index is 13.5. The van der Waals surface area contributed by atoms with Gasteiger partial charge in [-0.25, -0.2) is 4.39 Å². The molecule has 0 amide bonds. The Morgan fingerprint density at radius 3 is 2.58 bits per heavy atom. The minimum atomic E-state index is -0.481. The van der Waals surface area contributed by atoms with Crippen LogP contribution in [0.2, 0.25) is 0 Å². The van der Waals surface area contributed by atoms with Crippen molar-refractivity contribution in [1.82, 2.24) is 0 Å². The van der Waals surface area contributed by atoms with Gasteiger partial charge in [-0.1, -0.05) is 23.2 Å². The lowest BCUT2D eigenvalue weighted by atomic mass is 9.99. The van der Waals surface area contributed by atoms with Crippen molar-refractivity contribution in [2.24, 2.45) is 0 Å². The smallest absolute Gasteiger partial charge is 0.193 e. The predicted octanol–water partition coefficient (Wildman–Crippen LogP) is 4.34. The summed E-state index contributed by atoms with van der Waals surface area (Å²) >= 11 is 11.7. The first kappa shape index (κ1) is 14.1. The van der Waals surface area contributed by atoms with Gasteiger partial charge in [0.2, 0.25) is 0 Å². The molecule has 0 spiro atoms. The van der Waals surface area contributed by atoms with E-state index in [1.165, 1.54) is 19.3 Å². The fraction of sp³-hybridized carbons (Fsp3) is 0.214. The van der Waals surface area contributed by atoms with Crippen LogP contribution in [0.4, 0.5) is 4.39 Å². The van der Waals surface area contributed by atoms with Crippen molar-refractivity contribution in [3.05, 3.63) is 50.8 Å². The highest BCUT2D eigenvalue weighted by atomic mass is 35.5. The van der Waals surface area contributed by atoms with Gasteiger partial charge >= 0.3 is 0 Å². The van der Waals surface area contributed by atoms with Gasteiger partial charge in [0.25, 0.3) is 0 Å². The topological polar surface area (TPSA) is 26.3 Å². The molecule has 0 atom stereocenters. The third-order valence-corrected chi connectivity index (χ3v) is 3.66. The van der Waals surface area contributed by atoms with E-state index in [4.69, 9.17) is 27.9 Å². The minimum absolute atomic E-state index is 0.182. The van der Waals surface area contributed by atoms with Gasteiger partial charge in [0.05, 0.1) is 17.7 Å². The van der Waals surface area contributed by atoms with Gasteiger partial charge in [0.15, 0.2) is 5.78 Å². The highest BCUT2D eigenvalue weighted by molar-refractivity contribution is 6.41. The molecule has 0 saturated heterocycles. The lowest BCUT2D eigenvalue weighted by molar-refractivity contribution is 0.102. The van der Waals surface area contributed by atoms with Crippen LogP contribution in [0.15, 0.2) is 33.8 Å². The molecule has 0 saturated carbocycles. The molecule has 1 aliphatic rings. The molecule has 0 N–H and O–H groups in total. The zero-order valence-corrected chi connectivity index (χ0v) is 11.9. The Morgan fingerprint density at radius 1 is 1.37 bits per heavy atom. The summed E-state index contributed by atoms with van der Waals surface area (Å²) in [6.07, 6.45) is 1.77. The third kappa shape index (κ3) is 2.67. The van der Waals surface area contributed by atoms with Gasteiger partial charge in [-0.3, -0.25) is 4.79 Å². The number of allylic oxidation sites excluding steroid dienone is 4. The van der Waals surface area contributed by atoms with Crippen LogP contribution in [0.5, 0.6) is 5.75 Å². The molecule has 0 fully saturated rings. The predicted molar refractivity (Wildman–Crippen MR) is 73.5 cm³/mol. The fourth-order valence-corrected chi connectivity index (χ4v) is 2.42. The van der Waals surface area contributed by atoms with Crippen molar-refractivity contribution in [1.29, 1.82) is 0 Å². The van der Waals surface area contributed by atoms with Crippen molar-refractivity contribution in [3.8, 4) is 5.75 Å². The molecule has 1 aromatic carbocycles. The summed E-state index contributed by atoms with van der Waals surface area (Å²) in [5, 5.41) is 0.759. The average molecular weight is 301 g/mol. The molecule has 0 radical (unpaired) electrons. The Kier molecular flexibility index (Phi) is 3.97. The molecule has 0 aliphatic heterocycles. The first-order valence-electron chi connectivity index (χ1n) is 5.57. The van der Waals surface area contributed by atoms with Gasteiger partial charge < -0.3 is 4.74 Å². The summed E-state index contributed by atoms with van der Waals surface area (Å²) in [6.45, 7) is 1.68. The Bertz CT molecular complexity index is 618. The van der Waals surface area contributed by atoms with Crippen LogP contribution in [0.1, 0.15) is 22.3 Å². The van der Waals surface area contributed by atoms with Crippen LogP contribution in [-0.4, -0.2) is 12.9 Å². The summed E-state index contributed by atoms with van der Waals surface area (Å²) in [4.78, 5) is 12.4. The van der Waals surface area contributed by atoms with Crippen molar-refractivity contribution in [2.45, 2.75) is 13.3 Å². The third-order valence-electron chi connectivity index (χ3n) is 2.89. The van der Waals surface area contributed by atoms with Crippen LogP contribution in [-0.2, 0) is 0 Å². The first-order chi connectivity index (χ1) is 8.93. The molecule has 19 heavy (non-hydrogen) atoms. The maximum absolute atomic E-state index is 13.5. The van der Waals surface area contributed by atoms with Crippen LogP contribution < -0.4 is 4.74 Å². The number of hydrogen-bond acceptors (Lipinski definition) is 2. The molecule has 1 aromatic rings. The summed E-state index contributed by atoms with van der Waals surface area (Å²) < 4.78 is 18.6. The molecule has 100 valence electrons. The molecular formula is C14H11Cl2FO2. The Hall–Kier alpha value is -1.32. The number of Topliss-reactive ketones (excluding diaryl/α,β-unsaturated/α-hetero) is 1. The molecule has 5 heteroatoms. The molecule has 2 nitrogen and oxygen atoms in total. The molecule has 1 aliphatic carbocycles. The summed E-state index contributed by atoms with van der Waals surface area (Å²) in [5.41, 5.74) is 1.18. The van der Waals surface area contributed by atoms with Gasteiger partial charge in [-0.2, -0.15) is 0 Å². The van der Waals surface area contributed by atoms with E-state index in [2.05, 4.69) is 0 Å². The van der Waals surface area contributed by atoms with E-state index >= 15 is 0 Å². The summed E-state index contributed by atoms with van der Waals surface area (Å²) in [5.74, 6) is -0.440. The quantitative estimate of drug-likeness (QED) is 0.776. The van der Waals surface area contributed by atoms with Crippen LogP contribution in [0.25, 0.3) is 0 Å². The molecule has 0 unspecified atom stereocenters. The van der Waals surface area contributed by atoms with E-state index in [0.717, 1.165) is 6.07 Å². The highest BCUT2D eigenvalue weighted by Crippen LogP contribution is 2.35. The number of aryl methyl sites for hydroxylation is 1. The minimum Gasteiger partial charge on any atom is -0.496 e. The van der Waals surface area contributed by atoms with Crippen molar-refractivity contribution in [3.63, 3.8) is 0 Å². The van der Waals surface area contributed by atoms with Crippen LogP contribution in [0, 0.1) is 12.7 Å². The molecule has 0 bridgehead atoms.